The third kappa shape index (κ3) is 5.05. The van der Waals surface area contributed by atoms with E-state index in [1.54, 1.807) is 161 Å². The molecule has 17 rings (SSSR count). The van der Waals surface area contributed by atoms with Crippen molar-refractivity contribution in [2.45, 2.75) is 183 Å². The lowest BCUT2D eigenvalue weighted by atomic mass is 9.55. The second-order valence-electron chi connectivity index (χ2n) is 24.1. The van der Waals surface area contributed by atoms with Gasteiger partial charge < -0.3 is 0 Å². The van der Waals surface area contributed by atoms with Gasteiger partial charge in [-0.15, -0.1) is 0 Å². The molecule has 17 aliphatic rings. The van der Waals surface area contributed by atoms with Crippen molar-refractivity contribution in [3.8, 4) is 0 Å². The Morgan fingerprint density at radius 3 is 0.720 bits per heavy atom. The first-order valence-electron chi connectivity index (χ1n) is 24.1. The van der Waals surface area contributed by atoms with E-state index in [-0.39, 0.29) is 15.8 Å². The summed E-state index contributed by atoms with van der Waals surface area (Å²) >= 11 is 0. The fraction of sp³-hybridized carbons (Fsp3) is 1.00. The van der Waals surface area contributed by atoms with Crippen LogP contribution < -0.4 is 0 Å². The van der Waals surface area contributed by atoms with Crippen molar-refractivity contribution in [1.29, 1.82) is 0 Å². The lowest BCUT2D eigenvalue weighted by Crippen LogP contribution is -2.55. The quantitative estimate of drug-likeness (QED) is 0.220. The van der Waals surface area contributed by atoms with E-state index >= 15 is 0 Å². The summed E-state index contributed by atoms with van der Waals surface area (Å²) in [5.74, 6) is 18.8. The van der Waals surface area contributed by atoms with Crippen molar-refractivity contribution < 1.29 is 0 Å². The van der Waals surface area contributed by atoms with Gasteiger partial charge in [-0.05, 0) is 276 Å². The van der Waals surface area contributed by atoms with E-state index in [1.165, 1.54) is 70.0 Å². The summed E-state index contributed by atoms with van der Waals surface area (Å²) in [4.78, 5) is 0. The predicted molar refractivity (Wildman–Crippen MR) is 212 cm³/mol. The fourth-order valence-corrected chi connectivity index (χ4v) is 31.5. The molecule has 0 aromatic rings. The Balaban J connectivity index is 0.888. The summed E-state index contributed by atoms with van der Waals surface area (Å²) in [5.41, 5.74) is 5.70. The van der Waals surface area contributed by atoms with E-state index in [0.717, 1.165) is 52.8 Å². The smallest absolute Gasteiger partial charge is 0.0149 e. The molecule has 0 unspecified atom stereocenters. The minimum absolute atomic E-state index is 0.189. The second kappa shape index (κ2) is 11.9. The maximum absolute atomic E-state index is 1.84. The molecule has 276 valence electrons. The molecule has 17 aliphatic carbocycles. The molecule has 0 amide bonds. The SMILES string of the molecule is C1CCC(CP(C2C3CC4CC(C3)CC2C4)C2C3CC4CC(C3)CC2C4)(CP(C2C3CC4CC(C3)CC2C4)C2C3CC4CC(C3)CC2C4)CC1. The van der Waals surface area contributed by atoms with Gasteiger partial charge in [0.25, 0.3) is 0 Å². The summed E-state index contributed by atoms with van der Waals surface area (Å²) in [7, 11) is 0.378. The molecule has 0 radical (unpaired) electrons. The molecule has 0 heterocycles. The van der Waals surface area contributed by atoms with E-state index < -0.39 is 0 Å². The van der Waals surface area contributed by atoms with Crippen molar-refractivity contribution in [3.05, 3.63) is 0 Å². The third-order valence-electron chi connectivity index (χ3n) is 21.2. The number of hydrogen-bond acceptors (Lipinski definition) is 0. The maximum atomic E-state index is 1.84. The lowest BCUT2D eigenvalue weighted by Gasteiger charge is -2.65. The van der Waals surface area contributed by atoms with Gasteiger partial charge in [-0.25, -0.2) is 0 Å². The van der Waals surface area contributed by atoms with Gasteiger partial charge in [0.05, 0.1) is 0 Å². The van der Waals surface area contributed by atoms with Crippen LogP contribution in [0.5, 0.6) is 0 Å². The van der Waals surface area contributed by atoms with Crippen LogP contribution in [-0.4, -0.2) is 35.0 Å². The molecule has 0 aromatic carbocycles. The highest BCUT2D eigenvalue weighted by Gasteiger charge is 2.61. The van der Waals surface area contributed by atoms with Crippen LogP contribution in [0.4, 0.5) is 0 Å². The van der Waals surface area contributed by atoms with Crippen LogP contribution in [0, 0.1) is 100 Å². The highest BCUT2D eigenvalue weighted by Crippen LogP contribution is 2.76. The molecule has 0 aromatic heterocycles. The Hall–Kier alpha value is 0.860. The Morgan fingerprint density at radius 2 is 0.500 bits per heavy atom. The van der Waals surface area contributed by atoms with Crippen molar-refractivity contribution in [2.75, 3.05) is 12.3 Å². The van der Waals surface area contributed by atoms with Crippen LogP contribution in [0.25, 0.3) is 0 Å². The molecule has 0 N–H and O–H groups in total. The summed E-state index contributed by atoms with van der Waals surface area (Å²) < 4.78 is 0. The molecule has 17 saturated carbocycles. The minimum Gasteiger partial charge on any atom is -0.0987 e. The van der Waals surface area contributed by atoms with Crippen LogP contribution in [-0.2, 0) is 0 Å². The minimum atomic E-state index is 0.189. The maximum Gasteiger partial charge on any atom is -0.0149 e. The second-order valence-corrected chi connectivity index (χ2v) is 29.2. The predicted octanol–water partition coefficient (Wildman–Crippen LogP) is 13.2. The first-order valence-corrected chi connectivity index (χ1v) is 27.4. The van der Waals surface area contributed by atoms with Crippen LogP contribution >= 0.6 is 15.8 Å². The normalized spacial score (nSPS) is 59.8. The zero-order chi connectivity index (χ0) is 32.3. The van der Waals surface area contributed by atoms with Gasteiger partial charge in [0, 0.05) is 0 Å². The molecule has 2 heteroatoms. The lowest BCUT2D eigenvalue weighted by molar-refractivity contribution is 0.0116. The van der Waals surface area contributed by atoms with Crippen LogP contribution in [0.3, 0.4) is 0 Å². The summed E-state index contributed by atoms with van der Waals surface area (Å²) in [5, 5.41) is 0. The van der Waals surface area contributed by atoms with Gasteiger partial charge in [-0.2, -0.15) is 0 Å². The first-order chi connectivity index (χ1) is 24.6. The molecule has 0 atom stereocenters. The molecule has 0 nitrogen and oxygen atoms in total. The van der Waals surface area contributed by atoms with E-state index in [0.29, 0.717) is 0 Å². The summed E-state index contributed by atoms with van der Waals surface area (Å²) in [6, 6.07) is 0. The average Bonchev–Trinajstić information content (AvgIpc) is 3.06. The monoisotopic (exact) mass is 713 g/mol. The molecule has 0 saturated heterocycles. The van der Waals surface area contributed by atoms with E-state index in [4.69, 9.17) is 0 Å². The van der Waals surface area contributed by atoms with Crippen molar-refractivity contribution >= 4 is 15.8 Å². The molecule has 0 spiro atoms. The molecular formula is C48H74P2. The standard InChI is InChI=1S/C48H74P2/c1-2-4-48(5-3-1,26-49(44-36-10-28-6-29(12-36)13-37(44)11-28)45-38-14-30-7-31(16-38)17-39(45)15-30)27-50(46-40-18-32-8-33(20-40)21-41(46)19-32)47-42-22-34-9-35(24-42)25-43(47)23-34/h28-47H,1-27H2. The third-order valence-corrected chi connectivity index (χ3v) is 29.7. The number of hydrogen-bond donors (Lipinski definition) is 0. The molecular weight excluding hydrogens is 638 g/mol. The van der Waals surface area contributed by atoms with Gasteiger partial charge in [0.2, 0.25) is 0 Å². The Labute approximate surface area is 310 Å². The van der Waals surface area contributed by atoms with Crippen molar-refractivity contribution in [3.63, 3.8) is 0 Å². The molecule has 16 bridgehead atoms. The largest absolute Gasteiger partial charge is 0.0987 e. The van der Waals surface area contributed by atoms with Gasteiger partial charge in [-0.3, -0.25) is 0 Å². The highest BCUT2D eigenvalue weighted by molar-refractivity contribution is 7.60. The molecule has 50 heavy (non-hydrogen) atoms. The van der Waals surface area contributed by atoms with Crippen LogP contribution in [0.15, 0.2) is 0 Å². The topological polar surface area (TPSA) is 0 Å². The molecule has 17 fully saturated rings. The van der Waals surface area contributed by atoms with Crippen LogP contribution in [0.2, 0.25) is 0 Å². The Bertz CT molecular complexity index is 1020. The van der Waals surface area contributed by atoms with E-state index in [2.05, 4.69) is 0 Å². The Morgan fingerprint density at radius 1 is 0.280 bits per heavy atom. The zero-order valence-electron chi connectivity index (χ0n) is 32.0. The zero-order valence-corrected chi connectivity index (χ0v) is 33.8. The Kier molecular flexibility index (Phi) is 7.64. The highest BCUT2D eigenvalue weighted by atomic mass is 31.1. The first kappa shape index (κ1) is 32.0. The van der Waals surface area contributed by atoms with Gasteiger partial charge in [0.15, 0.2) is 0 Å². The van der Waals surface area contributed by atoms with Gasteiger partial charge in [-0.1, -0.05) is 35.1 Å². The van der Waals surface area contributed by atoms with Gasteiger partial charge >= 0.3 is 0 Å². The summed E-state index contributed by atoms with van der Waals surface area (Å²) in [6.07, 6.45) is 45.7. The van der Waals surface area contributed by atoms with E-state index in [9.17, 15) is 0 Å². The van der Waals surface area contributed by atoms with Crippen molar-refractivity contribution in [2.24, 2.45) is 100 Å². The summed E-state index contributed by atoms with van der Waals surface area (Å²) in [6.45, 7) is 0. The van der Waals surface area contributed by atoms with E-state index in [1.807, 2.05) is 12.3 Å². The molecule has 0 aliphatic heterocycles. The van der Waals surface area contributed by atoms with Crippen LogP contribution in [0.1, 0.15) is 161 Å². The fourth-order valence-electron chi connectivity index (χ4n) is 21.0. The van der Waals surface area contributed by atoms with Gasteiger partial charge in [0.1, 0.15) is 0 Å². The van der Waals surface area contributed by atoms with Crippen molar-refractivity contribution in [1.82, 2.24) is 0 Å². The average molecular weight is 713 g/mol. The number of rotatable bonds is 8.